The van der Waals surface area contributed by atoms with Gasteiger partial charge in [0.2, 0.25) is 0 Å². The summed E-state index contributed by atoms with van der Waals surface area (Å²) in [5.74, 6) is 0.948. The van der Waals surface area contributed by atoms with Crippen LogP contribution in [-0.2, 0) is 13.0 Å². The van der Waals surface area contributed by atoms with Crippen LogP contribution < -0.4 is 4.74 Å². The zero-order valence-electron chi connectivity index (χ0n) is 14.0. The van der Waals surface area contributed by atoms with Gasteiger partial charge in [-0.2, -0.15) is 0 Å². The average molecular weight is 318 g/mol. The highest BCUT2D eigenvalue weighted by Gasteiger charge is 2.16. The lowest BCUT2D eigenvalue weighted by molar-refractivity contribution is 0.244. The summed E-state index contributed by atoms with van der Waals surface area (Å²) in [7, 11) is 3.87. The topological polar surface area (TPSA) is 25.4 Å². The molecule has 0 saturated heterocycles. The van der Waals surface area contributed by atoms with Gasteiger partial charge in [-0.3, -0.25) is 4.90 Å². The molecule has 1 heterocycles. The first kappa shape index (κ1) is 17.0. The fourth-order valence-electron chi connectivity index (χ4n) is 2.51. The number of unbranched alkanes of at least 4 members (excludes halogenated alkanes) is 1. The Morgan fingerprint density at radius 3 is 2.82 bits per heavy atom. The second-order valence-electron chi connectivity index (χ2n) is 5.67. The van der Waals surface area contributed by atoms with Crippen molar-refractivity contribution in [2.75, 3.05) is 14.2 Å². The minimum atomic E-state index is 0.289. The number of aromatic nitrogens is 1. The zero-order valence-corrected chi connectivity index (χ0v) is 14.8. The highest BCUT2D eigenvalue weighted by molar-refractivity contribution is 7.09. The molecule has 2 aromatic rings. The van der Waals surface area contributed by atoms with Crippen molar-refractivity contribution < 1.29 is 4.74 Å². The standard InChI is InChI=1S/C18H26N2OS/c1-5-6-11-18-19-15(13-22-18)12-20(3)14(2)16-9-7-8-10-17(16)21-4/h7-10,13-14H,5-6,11-12H2,1-4H3/t14-/m0/s1. The van der Waals surface area contributed by atoms with Gasteiger partial charge in [0.15, 0.2) is 0 Å². The molecule has 1 aromatic carbocycles. The molecule has 120 valence electrons. The number of thiazole rings is 1. The van der Waals surface area contributed by atoms with Crippen LogP contribution >= 0.6 is 11.3 Å². The molecule has 0 N–H and O–H groups in total. The summed E-state index contributed by atoms with van der Waals surface area (Å²) in [5.41, 5.74) is 2.38. The zero-order chi connectivity index (χ0) is 15.9. The van der Waals surface area contributed by atoms with E-state index in [1.165, 1.54) is 29.1 Å². The van der Waals surface area contributed by atoms with Gasteiger partial charge in [0.25, 0.3) is 0 Å². The Hall–Kier alpha value is -1.39. The molecule has 0 amide bonds. The van der Waals surface area contributed by atoms with E-state index in [0.717, 1.165) is 18.7 Å². The molecule has 22 heavy (non-hydrogen) atoms. The highest BCUT2D eigenvalue weighted by Crippen LogP contribution is 2.29. The third kappa shape index (κ3) is 4.31. The fourth-order valence-corrected chi connectivity index (χ4v) is 3.34. The predicted octanol–water partition coefficient (Wildman–Crippen LogP) is 4.69. The SMILES string of the molecule is CCCCc1nc(CN(C)[C@@H](C)c2ccccc2OC)cs1. The summed E-state index contributed by atoms with van der Waals surface area (Å²) in [6.07, 6.45) is 3.55. The Morgan fingerprint density at radius 1 is 1.32 bits per heavy atom. The average Bonchev–Trinajstić information content (AvgIpc) is 2.99. The minimum absolute atomic E-state index is 0.289. The van der Waals surface area contributed by atoms with Crippen LogP contribution in [0, 0.1) is 0 Å². The fraction of sp³-hybridized carbons (Fsp3) is 0.500. The second kappa shape index (κ2) is 8.30. The Morgan fingerprint density at radius 2 is 2.09 bits per heavy atom. The summed E-state index contributed by atoms with van der Waals surface area (Å²) in [5, 5.41) is 3.45. The van der Waals surface area contributed by atoms with Crippen LogP contribution in [0.1, 0.15) is 49.0 Å². The van der Waals surface area contributed by atoms with E-state index in [-0.39, 0.29) is 6.04 Å². The van der Waals surface area contributed by atoms with Crippen molar-refractivity contribution in [3.8, 4) is 5.75 Å². The molecule has 1 atom stereocenters. The molecule has 0 unspecified atom stereocenters. The molecule has 0 spiro atoms. The van der Waals surface area contributed by atoms with Crippen molar-refractivity contribution in [1.29, 1.82) is 0 Å². The van der Waals surface area contributed by atoms with Crippen LogP contribution in [0.3, 0.4) is 0 Å². The number of benzene rings is 1. The van der Waals surface area contributed by atoms with Gasteiger partial charge in [-0.25, -0.2) is 4.98 Å². The molecule has 0 saturated carbocycles. The van der Waals surface area contributed by atoms with E-state index in [1.807, 2.05) is 12.1 Å². The molecular weight excluding hydrogens is 292 g/mol. The second-order valence-corrected chi connectivity index (χ2v) is 6.61. The van der Waals surface area contributed by atoms with Crippen LogP contribution in [0.2, 0.25) is 0 Å². The van der Waals surface area contributed by atoms with Gasteiger partial charge < -0.3 is 4.74 Å². The molecule has 0 radical (unpaired) electrons. The van der Waals surface area contributed by atoms with E-state index in [4.69, 9.17) is 9.72 Å². The van der Waals surface area contributed by atoms with E-state index in [0.29, 0.717) is 0 Å². The first-order valence-electron chi connectivity index (χ1n) is 7.92. The van der Waals surface area contributed by atoms with Gasteiger partial charge in [-0.1, -0.05) is 31.5 Å². The van der Waals surface area contributed by atoms with Crippen molar-refractivity contribution in [1.82, 2.24) is 9.88 Å². The predicted molar refractivity (Wildman–Crippen MR) is 93.6 cm³/mol. The van der Waals surface area contributed by atoms with Crippen molar-refractivity contribution in [2.45, 2.75) is 45.7 Å². The van der Waals surface area contributed by atoms with Crippen molar-refractivity contribution in [2.24, 2.45) is 0 Å². The third-order valence-corrected chi connectivity index (χ3v) is 4.96. The molecule has 3 nitrogen and oxygen atoms in total. The molecule has 2 rings (SSSR count). The number of hydrogen-bond donors (Lipinski definition) is 0. The van der Waals surface area contributed by atoms with Crippen LogP contribution in [0.15, 0.2) is 29.6 Å². The molecule has 4 heteroatoms. The van der Waals surface area contributed by atoms with Crippen molar-refractivity contribution in [3.05, 3.63) is 45.9 Å². The van der Waals surface area contributed by atoms with E-state index in [9.17, 15) is 0 Å². The maximum absolute atomic E-state index is 5.48. The Labute approximate surface area is 138 Å². The maximum Gasteiger partial charge on any atom is 0.123 e. The number of rotatable bonds is 8. The molecule has 0 bridgehead atoms. The molecule has 1 aromatic heterocycles. The number of hydrogen-bond acceptors (Lipinski definition) is 4. The van der Waals surface area contributed by atoms with Crippen molar-refractivity contribution >= 4 is 11.3 Å². The minimum Gasteiger partial charge on any atom is -0.496 e. The van der Waals surface area contributed by atoms with E-state index < -0.39 is 0 Å². The molecule has 0 fully saturated rings. The third-order valence-electron chi connectivity index (χ3n) is 4.01. The summed E-state index contributed by atoms with van der Waals surface area (Å²) < 4.78 is 5.48. The first-order valence-corrected chi connectivity index (χ1v) is 8.80. The van der Waals surface area contributed by atoms with Gasteiger partial charge >= 0.3 is 0 Å². The smallest absolute Gasteiger partial charge is 0.123 e. The normalized spacial score (nSPS) is 12.6. The molecule has 0 aliphatic rings. The lowest BCUT2D eigenvalue weighted by atomic mass is 10.1. The highest BCUT2D eigenvalue weighted by atomic mass is 32.1. The van der Waals surface area contributed by atoms with Crippen LogP contribution in [-0.4, -0.2) is 24.0 Å². The van der Waals surface area contributed by atoms with Crippen LogP contribution in [0.4, 0.5) is 0 Å². The first-order chi connectivity index (χ1) is 10.7. The quantitative estimate of drug-likeness (QED) is 0.706. The van der Waals surface area contributed by atoms with E-state index in [2.05, 4.69) is 43.3 Å². The molecule has 0 aliphatic carbocycles. The summed E-state index contributed by atoms with van der Waals surface area (Å²) in [6, 6.07) is 8.51. The molecule has 0 aliphatic heterocycles. The Bertz CT molecular complexity index is 582. The van der Waals surface area contributed by atoms with Crippen molar-refractivity contribution in [3.63, 3.8) is 0 Å². The van der Waals surface area contributed by atoms with Gasteiger partial charge in [0, 0.05) is 23.5 Å². The maximum atomic E-state index is 5.48. The lowest BCUT2D eigenvalue weighted by Crippen LogP contribution is -2.22. The van der Waals surface area contributed by atoms with Gasteiger partial charge in [0.1, 0.15) is 5.75 Å². The summed E-state index contributed by atoms with van der Waals surface area (Å²) >= 11 is 1.78. The Kier molecular flexibility index (Phi) is 6.40. The van der Waals surface area contributed by atoms with E-state index >= 15 is 0 Å². The van der Waals surface area contributed by atoms with Gasteiger partial charge in [-0.15, -0.1) is 11.3 Å². The van der Waals surface area contributed by atoms with Crippen LogP contribution in [0.25, 0.3) is 0 Å². The van der Waals surface area contributed by atoms with E-state index in [1.54, 1.807) is 18.4 Å². The van der Waals surface area contributed by atoms with Gasteiger partial charge in [0.05, 0.1) is 17.8 Å². The number of nitrogens with zero attached hydrogens (tertiary/aromatic N) is 2. The summed E-state index contributed by atoms with van der Waals surface area (Å²) in [6.45, 7) is 5.29. The number of para-hydroxylation sites is 1. The number of methoxy groups -OCH3 is 1. The number of aryl methyl sites for hydroxylation is 1. The summed E-state index contributed by atoms with van der Waals surface area (Å²) in [4.78, 5) is 7.07. The lowest BCUT2D eigenvalue weighted by Gasteiger charge is -2.25. The monoisotopic (exact) mass is 318 g/mol. The largest absolute Gasteiger partial charge is 0.496 e. The van der Waals surface area contributed by atoms with Gasteiger partial charge in [-0.05, 0) is 32.9 Å². The van der Waals surface area contributed by atoms with Crippen LogP contribution in [0.5, 0.6) is 5.75 Å². The molecular formula is C18H26N2OS. The number of ether oxygens (including phenoxy) is 1. The Balaban J connectivity index is 2.01.